The Morgan fingerprint density at radius 2 is 1.66 bits per heavy atom. The normalized spacial score (nSPS) is 47.2. The van der Waals surface area contributed by atoms with E-state index in [1.165, 1.54) is 50.7 Å². The van der Waals surface area contributed by atoms with Crippen LogP contribution in [0.1, 0.15) is 78.6 Å². The van der Waals surface area contributed by atoms with Crippen molar-refractivity contribution in [3.8, 4) is 0 Å². The molecule has 0 aromatic heterocycles. The molecule has 4 saturated carbocycles. The van der Waals surface area contributed by atoms with E-state index in [4.69, 9.17) is 4.99 Å². The minimum atomic E-state index is -0.402. The minimum absolute atomic E-state index is 0.402. The van der Waals surface area contributed by atoms with Crippen LogP contribution < -0.4 is 0 Å². The molecule has 0 aliphatic heterocycles. The van der Waals surface area contributed by atoms with Gasteiger partial charge in [-0.1, -0.05) is 25.1 Å². The summed E-state index contributed by atoms with van der Waals surface area (Å²) in [6, 6.07) is 10.5. The van der Waals surface area contributed by atoms with Crippen LogP contribution in [0.5, 0.6) is 0 Å². The molecule has 2 heteroatoms. The quantitative estimate of drug-likeness (QED) is 0.551. The van der Waals surface area contributed by atoms with E-state index < -0.39 is 5.60 Å². The number of rotatable bonds is 2. The highest BCUT2D eigenvalue weighted by Gasteiger charge is 2.57. The number of fused-ring (bicyclic) bond motifs is 5. The van der Waals surface area contributed by atoms with Crippen molar-refractivity contribution in [2.24, 2.45) is 45.9 Å². The maximum absolute atomic E-state index is 10.6. The van der Waals surface area contributed by atoms with E-state index in [2.05, 4.69) is 51.1 Å². The molecule has 1 aromatic carbocycles. The van der Waals surface area contributed by atoms with Gasteiger partial charge in [-0.05, 0) is 119 Å². The zero-order valence-corrected chi connectivity index (χ0v) is 18.6. The lowest BCUT2D eigenvalue weighted by atomic mass is 9.49. The lowest BCUT2D eigenvalue weighted by molar-refractivity contribution is -0.0965. The fourth-order valence-corrected chi connectivity index (χ4v) is 8.55. The molecule has 2 unspecified atom stereocenters. The van der Waals surface area contributed by atoms with Gasteiger partial charge >= 0.3 is 0 Å². The molecule has 8 atom stereocenters. The van der Waals surface area contributed by atoms with Gasteiger partial charge in [0.25, 0.3) is 0 Å². The topological polar surface area (TPSA) is 32.6 Å². The van der Waals surface area contributed by atoms with Crippen LogP contribution in [0.15, 0.2) is 35.3 Å². The molecular formula is C27H39NO. The summed E-state index contributed by atoms with van der Waals surface area (Å²) in [5, 5.41) is 10.6. The number of aliphatic hydroxyl groups is 1. The third kappa shape index (κ3) is 3.40. The number of hydrogen-bond acceptors (Lipinski definition) is 2. The first-order valence-corrected chi connectivity index (χ1v) is 12.2. The maximum atomic E-state index is 10.6. The van der Waals surface area contributed by atoms with Crippen LogP contribution in [0, 0.1) is 40.9 Å². The van der Waals surface area contributed by atoms with Crippen molar-refractivity contribution in [3.05, 3.63) is 30.3 Å². The number of para-hydroxylation sites is 1. The Labute approximate surface area is 177 Å². The lowest BCUT2D eigenvalue weighted by Crippen LogP contribution is -2.50. The number of hydrogen-bond donors (Lipinski definition) is 1. The van der Waals surface area contributed by atoms with Crippen molar-refractivity contribution in [3.63, 3.8) is 0 Å². The molecule has 0 spiro atoms. The Kier molecular flexibility index (Phi) is 4.93. The van der Waals surface area contributed by atoms with Crippen molar-refractivity contribution in [1.82, 2.24) is 0 Å². The van der Waals surface area contributed by atoms with Gasteiger partial charge in [0.15, 0.2) is 0 Å². The van der Waals surface area contributed by atoms with E-state index >= 15 is 0 Å². The van der Waals surface area contributed by atoms with Crippen LogP contribution in [-0.2, 0) is 0 Å². The van der Waals surface area contributed by atoms with Gasteiger partial charge in [-0.2, -0.15) is 0 Å². The summed E-state index contributed by atoms with van der Waals surface area (Å²) in [5.74, 6) is 5.05. The first kappa shape index (κ1) is 19.8. The number of aliphatic imine (C=N–C) groups is 1. The molecule has 4 aliphatic rings. The van der Waals surface area contributed by atoms with E-state index in [0.29, 0.717) is 11.3 Å². The molecule has 0 heterocycles. The van der Waals surface area contributed by atoms with Crippen molar-refractivity contribution in [2.45, 2.75) is 84.2 Å². The highest BCUT2D eigenvalue weighted by molar-refractivity contribution is 5.87. The third-order valence-electron chi connectivity index (χ3n) is 9.80. The van der Waals surface area contributed by atoms with Gasteiger partial charge in [0.05, 0.1) is 11.3 Å². The summed E-state index contributed by atoms with van der Waals surface area (Å²) in [4.78, 5) is 5.05. The van der Waals surface area contributed by atoms with Crippen molar-refractivity contribution in [1.29, 1.82) is 0 Å². The molecule has 4 fully saturated rings. The second-order valence-corrected chi connectivity index (χ2v) is 11.4. The van der Waals surface area contributed by atoms with E-state index in [9.17, 15) is 5.11 Å². The molecule has 0 bridgehead atoms. The van der Waals surface area contributed by atoms with E-state index in [1.807, 2.05) is 0 Å². The summed E-state index contributed by atoms with van der Waals surface area (Å²) in [6.45, 7) is 6.97. The molecule has 1 aromatic rings. The third-order valence-corrected chi connectivity index (χ3v) is 9.80. The molecule has 0 radical (unpaired) electrons. The second-order valence-electron chi connectivity index (χ2n) is 11.4. The molecule has 4 aliphatic carbocycles. The van der Waals surface area contributed by atoms with E-state index in [1.54, 1.807) is 0 Å². The minimum Gasteiger partial charge on any atom is -0.390 e. The van der Waals surface area contributed by atoms with Crippen LogP contribution >= 0.6 is 0 Å². The molecule has 2 nitrogen and oxygen atoms in total. The van der Waals surface area contributed by atoms with E-state index in [-0.39, 0.29) is 0 Å². The standard InChI is InChI=1S/C27H39NO/c1-18(28-20-7-5-4-6-8-20)24-11-12-25-23-10-9-19-17-26(2,29)15-13-21(19)22(23)14-16-27(24,25)3/h4-8,19,21-25,29H,9-17H2,1-3H3/b28-18-/t19-,21+,22?,23-,24-,25?,26-,27-/m1/s1. The number of benzene rings is 1. The highest BCUT2D eigenvalue weighted by atomic mass is 16.3. The molecule has 0 amide bonds. The Morgan fingerprint density at radius 3 is 2.45 bits per heavy atom. The smallest absolute Gasteiger partial charge is 0.0629 e. The molecule has 158 valence electrons. The SMILES string of the molecule is C/C(=N/c1ccccc1)[C@H]1CCC2[C@@H]3CC[C@@H]4C[C@](C)(O)CC[C@@H]4C3CC[C@@]21C. The van der Waals surface area contributed by atoms with Gasteiger partial charge in [-0.3, -0.25) is 4.99 Å². The van der Waals surface area contributed by atoms with E-state index in [0.717, 1.165) is 48.1 Å². The summed E-state index contributed by atoms with van der Waals surface area (Å²) in [5.41, 5.74) is 2.51. The predicted octanol–water partition coefficient (Wildman–Crippen LogP) is 6.80. The fourth-order valence-electron chi connectivity index (χ4n) is 8.55. The first-order chi connectivity index (χ1) is 13.9. The summed E-state index contributed by atoms with van der Waals surface area (Å²) >= 11 is 0. The second kappa shape index (κ2) is 7.22. The monoisotopic (exact) mass is 393 g/mol. The molecule has 0 saturated heterocycles. The zero-order chi connectivity index (χ0) is 20.2. The van der Waals surface area contributed by atoms with Gasteiger partial charge in [0, 0.05) is 11.6 Å². The van der Waals surface area contributed by atoms with Crippen LogP contribution in [0.3, 0.4) is 0 Å². The van der Waals surface area contributed by atoms with Crippen molar-refractivity contribution in [2.75, 3.05) is 0 Å². The molecule has 29 heavy (non-hydrogen) atoms. The van der Waals surface area contributed by atoms with Gasteiger partial charge < -0.3 is 5.11 Å². The Balaban J connectivity index is 1.35. The van der Waals surface area contributed by atoms with Gasteiger partial charge in [0.1, 0.15) is 0 Å². The van der Waals surface area contributed by atoms with Gasteiger partial charge in [-0.25, -0.2) is 0 Å². The zero-order valence-electron chi connectivity index (χ0n) is 18.6. The Morgan fingerprint density at radius 1 is 0.897 bits per heavy atom. The summed E-state index contributed by atoms with van der Waals surface area (Å²) < 4.78 is 0. The average molecular weight is 394 g/mol. The summed E-state index contributed by atoms with van der Waals surface area (Å²) in [6.07, 6.45) is 11.6. The van der Waals surface area contributed by atoms with Crippen LogP contribution in [0.4, 0.5) is 5.69 Å². The summed E-state index contributed by atoms with van der Waals surface area (Å²) in [7, 11) is 0. The largest absolute Gasteiger partial charge is 0.390 e. The first-order valence-electron chi connectivity index (χ1n) is 12.2. The predicted molar refractivity (Wildman–Crippen MR) is 120 cm³/mol. The average Bonchev–Trinajstić information content (AvgIpc) is 3.05. The van der Waals surface area contributed by atoms with Crippen LogP contribution in [-0.4, -0.2) is 16.4 Å². The van der Waals surface area contributed by atoms with Gasteiger partial charge in [-0.15, -0.1) is 0 Å². The van der Waals surface area contributed by atoms with Crippen LogP contribution in [0.25, 0.3) is 0 Å². The molecular weight excluding hydrogens is 354 g/mol. The van der Waals surface area contributed by atoms with Crippen molar-refractivity contribution >= 4 is 11.4 Å². The maximum Gasteiger partial charge on any atom is 0.0629 e. The molecule has 1 N–H and O–H groups in total. The Hall–Kier alpha value is -1.15. The van der Waals surface area contributed by atoms with Crippen LogP contribution in [0.2, 0.25) is 0 Å². The lowest BCUT2D eigenvalue weighted by Gasteiger charge is -2.57. The van der Waals surface area contributed by atoms with Crippen molar-refractivity contribution < 1.29 is 5.11 Å². The Bertz CT molecular complexity index is 768. The number of nitrogens with zero attached hydrogens (tertiary/aromatic N) is 1. The molecule has 5 rings (SSSR count). The fraction of sp³-hybridized carbons (Fsp3) is 0.741. The highest BCUT2D eigenvalue weighted by Crippen LogP contribution is 2.64. The van der Waals surface area contributed by atoms with Gasteiger partial charge in [0.2, 0.25) is 0 Å².